The molecule has 116 valence electrons. The van der Waals surface area contributed by atoms with Crippen LogP contribution >= 0.6 is 0 Å². The second-order valence-electron chi connectivity index (χ2n) is 7.29. The highest BCUT2D eigenvalue weighted by atomic mass is 16.5. The second-order valence-corrected chi connectivity index (χ2v) is 7.29. The molecular formula is C16H30N2O2. The van der Waals surface area contributed by atoms with Gasteiger partial charge in [0.15, 0.2) is 0 Å². The van der Waals surface area contributed by atoms with Crippen molar-refractivity contribution >= 4 is 5.91 Å². The van der Waals surface area contributed by atoms with Crippen molar-refractivity contribution < 1.29 is 9.53 Å². The fraction of sp³-hybridized carbons (Fsp3) is 0.938. The van der Waals surface area contributed by atoms with E-state index in [9.17, 15) is 4.79 Å². The molecular weight excluding hydrogens is 252 g/mol. The molecule has 1 aliphatic heterocycles. The Morgan fingerprint density at radius 2 is 1.95 bits per heavy atom. The van der Waals surface area contributed by atoms with Gasteiger partial charge in [0, 0.05) is 20.3 Å². The third kappa shape index (κ3) is 3.17. The Kier molecular flexibility index (Phi) is 4.75. The van der Waals surface area contributed by atoms with Gasteiger partial charge >= 0.3 is 0 Å². The van der Waals surface area contributed by atoms with Gasteiger partial charge in [-0.05, 0) is 36.5 Å². The molecule has 1 heterocycles. The quantitative estimate of drug-likeness (QED) is 0.778. The summed E-state index contributed by atoms with van der Waals surface area (Å²) >= 11 is 0. The number of carbonyl (C=O) groups is 1. The van der Waals surface area contributed by atoms with Crippen molar-refractivity contribution in [2.24, 2.45) is 17.3 Å². The number of nitrogens with zero attached hydrogens (tertiary/aromatic N) is 1. The number of nitrogens with one attached hydrogen (secondary N) is 1. The van der Waals surface area contributed by atoms with Crippen molar-refractivity contribution in [3.8, 4) is 0 Å². The fourth-order valence-electron chi connectivity index (χ4n) is 3.21. The summed E-state index contributed by atoms with van der Waals surface area (Å²) < 4.78 is 5.22. The number of carbonyl (C=O) groups excluding carboxylic acids is 1. The lowest BCUT2D eigenvalue weighted by Gasteiger charge is -2.31. The van der Waals surface area contributed by atoms with Crippen LogP contribution in [0.15, 0.2) is 0 Å². The number of ether oxygens (including phenoxy) is 1. The van der Waals surface area contributed by atoms with Crippen LogP contribution in [0.25, 0.3) is 0 Å². The molecule has 0 aromatic heterocycles. The Balaban J connectivity index is 2.05. The average Bonchev–Trinajstić information content (AvgIpc) is 3.06. The van der Waals surface area contributed by atoms with Crippen LogP contribution in [0.3, 0.4) is 0 Å². The summed E-state index contributed by atoms with van der Waals surface area (Å²) in [5, 5.41) is 3.54. The topological polar surface area (TPSA) is 41.6 Å². The summed E-state index contributed by atoms with van der Waals surface area (Å²) in [6, 6.07) is -0.0133. The molecule has 0 aromatic rings. The Morgan fingerprint density at radius 1 is 1.30 bits per heavy atom. The fourth-order valence-corrected chi connectivity index (χ4v) is 3.21. The van der Waals surface area contributed by atoms with Gasteiger partial charge < -0.3 is 9.64 Å². The predicted octanol–water partition coefficient (Wildman–Crippen LogP) is 2.24. The van der Waals surface area contributed by atoms with Crippen LogP contribution < -0.4 is 5.32 Å². The molecule has 1 amide bonds. The van der Waals surface area contributed by atoms with Crippen LogP contribution in [-0.2, 0) is 9.53 Å². The molecule has 0 radical (unpaired) electrons. The standard InChI is InChI=1S/C16H30N2O2/c1-11(2)13-15(19)18(14(17-13)12(3)4)10-16(6-7-16)8-9-20-5/h11-14,17H,6-10H2,1-5H3. The van der Waals surface area contributed by atoms with Gasteiger partial charge in [0.25, 0.3) is 0 Å². The number of hydrogen-bond acceptors (Lipinski definition) is 3. The van der Waals surface area contributed by atoms with Crippen LogP contribution in [-0.4, -0.2) is 43.3 Å². The summed E-state index contributed by atoms with van der Waals surface area (Å²) in [4.78, 5) is 14.8. The largest absolute Gasteiger partial charge is 0.385 e. The zero-order valence-corrected chi connectivity index (χ0v) is 13.6. The molecule has 2 aliphatic rings. The molecule has 0 bridgehead atoms. The van der Waals surface area contributed by atoms with E-state index < -0.39 is 0 Å². The lowest BCUT2D eigenvalue weighted by atomic mass is 10.0. The minimum atomic E-state index is -0.0133. The van der Waals surface area contributed by atoms with E-state index in [0.29, 0.717) is 23.2 Å². The molecule has 0 aromatic carbocycles. The molecule has 1 saturated carbocycles. The lowest BCUT2D eigenvalue weighted by Crippen LogP contribution is -2.44. The molecule has 2 rings (SSSR count). The van der Waals surface area contributed by atoms with Crippen LogP contribution in [0.4, 0.5) is 0 Å². The van der Waals surface area contributed by atoms with Gasteiger partial charge in [-0.2, -0.15) is 0 Å². The van der Waals surface area contributed by atoms with E-state index in [1.165, 1.54) is 12.8 Å². The normalized spacial score (nSPS) is 28.8. The van der Waals surface area contributed by atoms with Gasteiger partial charge in [0.2, 0.25) is 5.91 Å². The first-order valence-corrected chi connectivity index (χ1v) is 7.96. The summed E-state index contributed by atoms with van der Waals surface area (Å²) in [5.41, 5.74) is 0.326. The Hall–Kier alpha value is -0.610. The van der Waals surface area contributed by atoms with Gasteiger partial charge in [-0.25, -0.2) is 0 Å². The van der Waals surface area contributed by atoms with Crippen molar-refractivity contribution in [2.45, 2.75) is 59.2 Å². The molecule has 4 nitrogen and oxygen atoms in total. The Labute approximate surface area is 123 Å². The summed E-state index contributed by atoms with van der Waals surface area (Å²) in [6.07, 6.45) is 3.73. The zero-order valence-electron chi connectivity index (χ0n) is 13.6. The minimum absolute atomic E-state index is 0.0133. The van der Waals surface area contributed by atoms with E-state index >= 15 is 0 Å². The number of hydrogen-bond donors (Lipinski definition) is 1. The van der Waals surface area contributed by atoms with Gasteiger partial charge in [-0.15, -0.1) is 0 Å². The van der Waals surface area contributed by atoms with Crippen LogP contribution in [0, 0.1) is 17.3 Å². The zero-order chi connectivity index (χ0) is 14.9. The smallest absolute Gasteiger partial charge is 0.241 e. The summed E-state index contributed by atoms with van der Waals surface area (Å²) in [6.45, 7) is 10.3. The van der Waals surface area contributed by atoms with Crippen molar-refractivity contribution in [3.63, 3.8) is 0 Å². The maximum Gasteiger partial charge on any atom is 0.241 e. The maximum atomic E-state index is 12.7. The van der Waals surface area contributed by atoms with Gasteiger partial charge in [0.05, 0.1) is 12.2 Å². The van der Waals surface area contributed by atoms with E-state index in [1.807, 2.05) is 0 Å². The van der Waals surface area contributed by atoms with Crippen LogP contribution in [0.5, 0.6) is 0 Å². The van der Waals surface area contributed by atoms with Crippen molar-refractivity contribution in [1.82, 2.24) is 10.2 Å². The van der Waals surface area contributed by atoms with Crippen LogP contribution in [0.1, 0.15) is 47.0 Å². The van der Waals surface area contributed by atoms with E-state index in [1.54, 1.807) is 7.11 Å². The molecule has 1 saturated heterocycles. The Bertz CT molecular complexity index is 350. The highest BCUT2D eigenvalue weighted by Crippen LogP contribution is 2.50. The third-order valence-corrected chi connectivity index (χ3v) is 4.83. The van der Waals surface area contributed by atoms with Gasteiger partial charge in [0.1, 0.15) is 0 Å². The molecule has 20 heavy (non-hydrogen) atoms. The monoisotopic (exact) mass is 282 g/mol. The molecule has 0 spiro atoms. The van der Waals surface area contributed by atoms with Crippen molar-refractivity contribution in [2.75, 3.05) is 20.3 Å². The number of methoxy groups -OCH3 is 1. The Morgan fingerprint density at radius 3 is 2.40 bits per heavy atom. The van der Waals surface area contributed by atoms with Crippen molar-refractivity contribution in [3.05, 3.63) is 0 Å². The molecule has 1 aliphatic carbocycles. The SMILES string of the molecule is COCCC1(CN2C(=O)C(C(C)C)NC2C(C)C)CC1. The predicted molar refractivity (Wildman–Crippen MR) is 80.3 cm³/mol. The van der Waals surface area contributed by atoms with E-state index in [0.717, 1.165) is 19.6 Å². The average molecular weight is 282 g/mol. The van der Waals surface area contributed by atoms with Crippen LogP contribution in [0.2, 0.25) is 0 Å². The highest BCUT2D eigenvalue weighted by molar-refractivity contribution is 5.84. The molecule has 2 unspecified atom stereocenters. The van der Waals surface area contributed by atoms with E-state index in [4.69, 9.17) is 4.74 Å². The van der Waals surface area contributed by atoms with E-state index in [-0.39, 0.29) is 12.2 Å². The maximum absolute atomic E-state index is 12.7. The first kappa shape index (κ1) is 15.8. The highest BCUT2D eigenvalue weighted by Gasteiger charge is 2.49. The first-order valence-electron chi connectivity index (χ1n) is 7.96. The van der Waals surface area contributed by atoms with Crippen molar-refractivity contribution in [1.29, 1.82) is 0 Å². The second kappa shape index (κ2) is 6.02. The lowest BCUT2D eigenvalue weighted by molar-refractivity contribution is -0.132. The number of rotatable bonds is 7. The molecule has 4 heteroatoms. The third-order valence-electron chi connectivity index (χ3n) is 4.83. The van der Waals surface area contributed by atoms with E-state index in [2.05, 4.69) is 37.9 Å². The first-order chi connectivity index (χ1) is 9.40. The number of amides is 1. The van der Waals surface area contributed by atoms with Gasteiger partial charge in [-0.1, -0.05) is 27.7 Å². The summed E-state index contributed by atoms with van der Waals surface area (Å²) in [7, 11) is 1.75. The minimum Gasteiger partial charge on any atom is -0.385 e. The molecule has 1 N–H and O–H groups in total. The molecule has 2 atom stereocenters. The van der Waals surface area contributed by atoms with Gasteiger partial charge in [-0.3, -0.25) is 10.1 Å². The summed E-state index contributed by atoms with van der Waals surface area (Å²) in [5.74, 6) is 1.09. The molecule has 2 fully saturated rings.